The number of nitrogens with one attached hydrogen (secondary N) is 1. The minimum absolute atomic E-state index is 0.158. The van der Waals surface area contributed by atoms with Gasteiger partial charge in [0.1, 0.15) is 5.56 Å². The molecule has 0 saturated carbocycles. The van der Waals surface area contributed by atoms with E-state index in [-0.39, 0.29) is 11.9 Å². The molecule has 4 rings (SSSR count). The second-order valence-corrected chi connectivity index (χ2v) is 6.71. The van der Waals surface area contributed by atoms with E-state index >= 15 is 0 Å². The highest BCUT2D eigenvalue weighted by Gasteiger charge is 2.27. The van der Waals surface area contributed by atoms with Crippen molar-refractivity contribution in [2.75, 3.05) is 13.6 Å². The molecule has 3 heterocycles. The predicted octanol–water partition coefficient (Wildman–Crippen LogP) is 2.82. The van der Waals surface area contributed by atoms with Crippen molar-refractivity contribution in [3.63, 3.8) is 0 Å². The minimum atomic E-state index is -0.158. The molecule has 1 atom stereocenters. The Morgan fingerprint density at radius 3 is 2.88 bits per heavy atom. The fourth-order valence-electron chi connectivity index (χ4n) is 3.79. The zero-order chi connectivity index (χ0) is 17.9. The number of likely N-dealkylation sites (tertiary alicyclic amines) is 1. The molecular formula is C20H23N5O. The van der Waals surface area contributed by atoms with Gasteiger partial charge in [0, 0.05) is 19.8 Å². The number of carbonyl (C=O) groups is 1. The Bertz CT molecular complexity index is 905. The van der Waals surface area contributed by atoms with Crippen LogP contribution in [0.3, 0.4) is 0 Å². The van der Waals surface area contributed by atoms with Crippen LogP contribution in [0.1, 0.15) is 46.9 Å². The van der Waals surface area contributed by atoms with Crippen LogP contribution in [0.25, 0.3) is 5.65 Å². The summed E-state index contributed by atoms with van der Waals surface area (Å²) in [6.45, 7) is 1.98. The van der Waals surface area contributed by atoms with Crippen molar-refractivity contribution in [2.45, 2.75) is 31.8 Å². The molecular weight excluding hydrogens is 326 g/mol. The lowest BCUT2D eigenvalue weighted by molar-refractivity contribution is 0.0964. The van der Waals surface area contributed by atoms with Crippen molar-refractivity contribution < 1.29 is 4.79 Å². The van der Waals surface area contributed by atoms with Crippen molar-refractivity contribution in [3.05, 3.63) is 65.6 Å². The van der Waals surface area contributed by atoms with Gasteiger partial charge >= 0.3 is 0 Å². The summed E-state index contributed by atoms with van der Waals surface area (Å²) < 4.78 is 1.83. The van der Waals surface area contributed by atoms with Gasteiger partial charge in [0.25, 0.3) is 5.91 Å². The second-order valence-electron chi connectivity index (χ2n) is 6.71. The van der Waals surface area contributed by atoms with Crippen LogP contribution in [0.4, 0.5) is 0 Å². The van der Waals surface area contributed by atoms with Crippen LogP contribution in [-0.2, 0) is 6.54 Å². The van der Waals surface area contributed by atoms with E-state index < -0.39 is 0 Å². The maximum Gasteiger partial charge on any atom is 0.256 e. The van der Waals surface area contributed by atoms with Gasteiger partial charge in [-0.15, -0.1) is 0 Å². The molecule has 3 aromatic rings. The molecule has 0 radical (unpaired) electrons. The van der Waals surface area contributed by atoms with E-state index in [9.17, 15) is 4.79 Å². The molecule has 0 bridgehead atoms. The Balaban J connectivity index is 1.70. The molecule has 1 N–H and O–H groups in total. The number of nitrogens with zero attached hydrogens (tertiary/aromatic N) is 4. The number of benzene rings is 1. The lowest BCUT2D eigenvalue weighted by atomic mass is 9.98. The predicted molar refractivity (Wildman–Crippen MR) is 99.8 cm³/mol. The molecule has 1 aliphatic heterocycles. The van der Waals surface area contributed by atoms with Gasteiger partial charge in [-0.3, -0.25) is 9.69 Å². The number of carbonyl (C=O) groups excluding carboxylic acids is 1. The summed E-state index contributed by atoms with van der Waals surface area (Å²) >= 11 is 0. The summed E-state index contributed by atoms with van der Waals surface area (Å²) in [6.07, 6.45) is 6.88. The molecule has 1 saturated heterocycles. The van der Waals surface area contributed by atoms with Gasteiger partial charge in [-0.2, -0.15) is 5.10 Å². The van der Waals surface area contributed by atoms with Gasteiger partial charge < -0.3 is 5.32 Å². The third kappa shape index (κ3) is 3.08. The second kappa shape index (κ2) is 7.25. The number of hydrogen-bond acceptors (Lipinski definition) is 4. The quantitative estimate of drug-likeness (QED) is 0.787. The van der Waals surface area contributed by atoms with Crippen molar-refractivity contribution >= 4 is 11.6 Å². The van der Waals surface area contributed by atoms with E-state index in [1.807, 2.05) is 16.6 Å². The number of hydrogen-bond donors (Lipinski definition) is 1. The third-order valence-electron chi connectivity index (χ3n) is 5.09. The first kappa shape index (κ1) is 16.7. The van der Waals surface area contributed by atoms with Crippen LogP contribution in [0.15, 0.2) is 48.8 Å². The van der Waals surface area contributed by atoms with Gasteiger partial charge in [-0.25, -0.2) is 9.50 Å². The Hall–Kier alpha value is -2.73. The number of aromatic nitrogens is 3. The van der Waals surface area contributed by atoms with E-state index in [0.717, 1.165) is 25.2 Å². The lowest BCUT2D eigenvalue weighted by Gasteiger charge is -2.36. The van der Waals surface area contributed by atoms with Gasteiger partial charge in [0.2, 0.25) is 0 Å². The van der Waals surface area contributed by atoms with Crippen molar-refractivity contribution in [3.8, 4) is 0 Å². The first-order valence-electron chi connectivity index (χ1n) is 9.10. The highest BCUT2D eigenvalue weighted by atomic mass is 16.1. The van der Waals surface area contributed by atoms with Crippen LogP contribution < -0.4 is 5.32 Å². The first-order chi connectivity index (χ1) is 12.8. The van der Waals surface area contributed by atoms with Gasteiger partial charge in [0.05, 0.1) is 17.9 Å². The maximum absolute atomic E-state index is 12.1. The molecule has 1 fully saturated rings. The topological polar surface area (TPSA) is 62.5 Å². The molecule has 1 aliphatic rings. The van der Waals surface area contributed by atoms with Crippen LogP contribution in [0, 0.1) is 0 Å². The average Bonchev–Trinajstić information content (AvgIpc) is 3.13. The van der Waals surface area contributed by atoms with Gasteiger partial charge in [-0.05, 0) is 31.0 Å². The summed E-state index contributed by atoms with van der Waals surface area (Å²) in [7, 11) is 1.62. The molecule has 134 valence electrons. The number of rotatable bonds is 4. The molecule has 2 aromatic heterocycles. The van der Waals surface area contributed by atoms with E-state index in [2.05, 4.69) is 44.6 Å². The molecule has 0 spiro atoms. The summed E-state index contributed by atoms with van der Waals surface area (Å²) in [5.74, 6) is -0.158. The standard InChI is InChI=1S/C20H23N5O/c1-21-20(26)16-13-23-25-18(10-11-22-19(16)25)17-9-5-6-12-24(17)14-15-7-3-2-4-8-15/h2-4,7-8,10-11,13,17H,5-6,9,12,14H2,1H3,(H,21,26)/t17-/m0/s1. The smallest absolute Gasteiger partial charge is 0.256 e. The Labute approximate surface area is 152 Å². The van der Waals surface area contributed by atoms with E-state index in [1.54, 1.807) is 19.4 Å². The SMILES string of the molecule is CNC(=O)c1cnn2c([C@@H]3CCCCN3Cc3ccccc3)ccnc12. The zero-order valence-corrected chi connectivity index (χ0v) is 14.9. The van der Waals surface area contributed by atoms with E-state index in [0.29, 0.717) is 11.2 Å². The molecule has 0 unspecified atom stereocenters. The highest BCUT2D eigenvalue weighted by Crippen LogP contribution is 2.32. The molecule has 1 aromatic carbocycles. The third-order valence-corrected chi connectivity index (χ3v) is 5.09. The van der Waals surface area contributed by atoms with Crippen LogP contribution >= 0.6 is 0 Å². The fourth-order valence-corrected chi connectivity index (χ4v) is 3.79. The average molecular weight is 349 g/mol. The highest BCUT2D eigenvalue weighted by molar-refractivity contribution is 5.99. The Morgan fingerprint density at radius 2 is 2.08 bits per heavy atom. The number of piperidine rings is 1. The zero-order valence-electron chi connectivity index (χ0n) is 14.9. The minimum Gasteiger partial charge on any atom is -0.355 e. The summed E-state index contributed by atoms with van der Waals surface area (Å²) in [5.41, 5.74) is 3.55. The monoisotopic (exact) mass is 349 g/mol. The molecule has 6 nitrogen and oxygen atoms in total. The van der Waals surface area contributed by atoms with Crippen LogP contribution in [0.2, 0.25) is 0 Å². The molecule has 0 aliphatic carbocycles. The summed E-state index contributed by atoms with van der Waals surface area (Å²) in [6, 6.07) is 12.9. The largest absolute Gasteiger partial charge is 0.355 e. The van der Waals surface area contributed by atoms with E-state index in [4.69, 9.17) is 0 Å². The lowest BCUT2D eigenvalue weighted by Crippen LogP contribution is -2.34. The normalized spacial score (nSPS) is 18.1. The molecule has 6 heteroatoms. The van der Waals surface area contributed by atoms with Crippen LogP contribution in [0.5, 0.6) is 0 Å². The van der Waals surface area contributed by atoms with Crippen LogP contribution in [-0.4, -0.2) is 39.0 Å². The van der Waals surface area contributed by atoms with Crippen molar-refractivity contribution in [1.82, 2.24) is 24.8 Å². The fraction of sp³-hybridized carbons (Fsp3) is 0.350. The first-order valence-corrected chi connectivity index (χ1v) is 9.10. The maximum atomic E-state index is 12.1. The molecule has 26 heavy (non-hydrogen) atoms. The Morgan fingerprint density at radius 1 is 1.23 bits per heavy atom. The number of amides is 1. The van der Waals surface area contributed by atoms with Crippen molar-refractivity contribution in [2.24, 2.45) is 0 Å². The summed E-state index contributed by atoms with van der Waals surface area (Å²) in [4.78, 5) is 19.0. The summed E-state index contributed by atoms with van der Waals surface area (Å²) in [5, 5.41) is 7.13. The van der Waals surface area contributed by atoms with Gasteiger partial charge in [0.15, 0.2) is 5.65 Å². The van der Waals surface area contributed by atoms with Crippen molar-refractivity contribution in [1.29, 1.82) is 0 Å². The number of fused-ring (bicyclic) bond motifs is 1. The van der Waals surface area contributed by atoms with Gasteiger partial charge in [-0.1, -0.05) is 36.8 Å². The molecule has 1 amide bonds. The van der Waals surface area contributed by atoms with E-state index in [1.165, 1.54) is 18.4 Å². The Kier molecular flexibility index (Phi) is 4.67.